The van der Waals surface area contributed by atoms with Crippen molar-refractivity contribution >= 4 is 11.7 Å². The fourth-order valence-electron chi connectivity index (χ4n) is 2.01. The second-order valence-corrected chi connectivity index (χ2v) is 4.22. The van der Waals surface area contributed by atoms with Crippen molar-refractivity contribution in [2.75, 3.05) is 31.6 Å². The smallest absolute Gasteiger partial charge is 0.243 e. The number of aryl methyl sites for hydroxylation is 1. The first-order chi connectivity index (χ1) is 8.22. The van der Waals surface area contributed by atoms with Crippen LogP contribution in [-0.2, 0) is 4.79 Å². The average molecular weight is 234 g/mol. The number of carbonyl (C=O) groups excluding carboxylic acids is 1. The monoisotopic (exact) mass is 234 g/mol. The lowest BCUT2D eigenvalue weighted by Crippen LogP contribution is -2.57. The maximum absolute atomic E-state index is 11.8. The summed E-state index contributed by atoms with van der Waals surface area (Å²) in [6.07, 6.45) is 1.83. The molecular weight excluding hydrogens is 216 g/mol. The van der Waals surface area contributed by atoms with Crippen molar-refractivity contribution in [1.29, 1.82) is 0 Å². The van der Waals surface area contributed by atoms with Crippen molar-refractivity contribution in [2.24, 2.45) is 0 Å². The zero-order valence-corrected chi connectivity index (χ0v) is 10.2. The minimum Gasteiger partial charge on any atom is -0.357 e. The largest absolute Gasteiger partial charge is 0.357 e. The molecule has 0 saturated carbocycles. The Morgan fingerprint density at radius 2 is 2.41 bits per heavy atom. The van der Waals surface area contributed by atoms with Gasteiger partial charge < -0.3 is 15.5 Å². The molecule has 17 heavy (non-hydrogen) atoms. The van der Waals surface area contributed by atoms with Crippen LogP contribution in [0.2, 0.25) is 0 Å². The number of anilines is 1. The molecule has 1 amide bonds. The third kappa shape index (κ3) is 2.55. The summed E-state index contributed by atoms with van der Waals surface area (Å²) in [6.45, 7) is 4.34. The molecule has 1 aromatic rings. The molecule has 2 heterocycles. The topological polar surface area (TPSA) is 57.3 Å². The molecule has 0 bridgehead atoms. The molecule has 1 aliphatic rings. The molecule has 1 aliphatic heterocycles. The van der Waals surface area contributed by atoms with Gasteiger partial charge >= 0.3 is 0 Å². The molecule has 0 spiro atoms. The van der Waals surface area contributed by atoms with Gasteiger partial charge in [0.25, 0.3) is 0 Å². The third-order valence-corrected chi connectivity index (χ3v) is 2.98. The van der Waals surface area contributed by atoms with E-state index < -0.39 is 0 Å². The molecular formula is C12H18N4O. The number of hydrogen-bond donors (Lipinski definition) is 2. The maximum Gasteiger partial charge on any atom is 0.243 e. The number of carbonyl (C=O) groups is 1. The van der Waals surface area contributed by atoms with Crippen molar-refractivity contribution in [1.82, 2.24) is 15.6 Å². The Morgan fingerprint density at radius 1 is 1.59 bits per heavy atom. The Labute approximate surface area is 101 Å². The predicted octanol–water partition coefficient (Wildman–Crippen LogP) is -0.0858. The maximum atomic E-state index is 11.8. The lowest BCUT2D eigenvalue weighted by atomic mass is 10.1. The molecule has 1 saturated heterocycles. The van der Waals surface area contributed by atoms with Crippen molar-refractivity contribution in [3.63, 3.8) is 0 Å². The lowest BCUT2D eigenvalue weighted by molar-refractivity contribution is -0.122. The highest BCUT2D eigenvalue weighted by Gasteiger charge is 2.28. The van der Waals surface area contributed by atoms with Crippen LogP contribution >= 0.6 is 0 Å². The van der Waals surface area contributed by atoms with Gasteiger partial charge in [0, 0.05) is 32.9 Å². The summed E-state index contributed by atoms with van der Waals surface area (Å²) in [5, 5.41) is 5.93. The predicted molar refractivity (Wildman–Crippen MR) is 67.0 cm³/mol. The van der Waals surface area contributed by atoms with Gasteiger partial charge in [-0.3, -0.25) is 4.79 Å². The number of likely N-dealkylation sites (N-methyl/N-ethyl adjacent to an activating group) is 1. The molecule has 1 fully saturated rings. The van der Waals surface area contributed by atoms with Crippen LogP contribution in [0.4, 0.5) is 5.82 Å². The van der Waals surface area contributed by atoms with Crippen molar-refractivity contribution in [3.05, 3.63) is 23.9 Å². The lowest BCUT2D eigenvalue weighted by Gasteiger charge is -2.35. The van der Waals surface area contributed by atoms with Gasteiger partial charge in [-0.15, -0.1) is 0 Å². The summed E-state index contributed by atoms with van der Waals surface area (Å²) in [4.78, 5) is 18.2. The highest BCUT2D eigenvalue weighted by molar-refractivity contribution is 5.85. The highest BCUT2D eigenvalue weighted by Crippen LogP contribution is 2.15. The summed E-state index contributed by atoms with van der Waals surface area (Å²) >= 11 is 0. The van der Waals surface area contributed by atoms with Crippen LogP contribution in [0.3, 0.4) is 0 Å². The first-order valence-electron chi connectivity index (χ1n) is 5.84. The molecule has 5 heteroatoms. The summed E-state index contributed by atoms with van der Waals surface area (Å²) in [5.41, 5.74) is 1.13. The molecule has 0 aromatic carbocycles. The van der Waals surface area contributed by atoms with E-state index in [-0.39, 0.29) is 11.9 Å². The molecule has 2 rings (SSSR count). The highest BCUT2D eigenvalue weighted by atomic mass is 16.2. The Morgan fingerprint density at radius 3 is 3.06 bits per heavy atom. The van der Waals surface area contributed by atoms with E-state index in [1.807, 2.05) is 25.3 Å². The standard InChI is InChI=1S/C12H18N4O/c1-9-3-4-11(15-7-9)16-6-5-14-8-10(16)12(17)13-2/h3-4,7,10,14H,5-6,8H2,1-2H3,(H,13,17). The summed E-state index contributed by atoms with van der Waals surface area (Å²) in [5.74, 6) is 0.894. The van der Waals surface area contributed by atoms with E-state index >= 15 is 0 Å². The molecule has 92 valence electrons. The number of nitrogens with one attached hydrogen (secondary N) is 2. The van der Waals surface area contributed by atoms with Crippen LogP contribution in [0.1, 0.15) is 5.56 Å². The normalized spacial score (nSPS) is 20.1. The number of aromatic nitrogens is 1. The quantitative estimate of drug-likeness (QED) is 0.751. The Kier molecular flexibility index (Phi) is 3.58. The van der Waals surface area contributed by atoms with Crippen molar-refractivity contribution < 1.29 is 4.79 Å². The van der Waals surface area contributed by atoms with Gasteiger partial charge in [0.05, 0.1) is 0 Å². The Hall–Kier alpha value is -1.62. The van der Waals surface area contributed by atoms with E-state index in [0.717, 1.165) is 24.5 Å². The summed E-state index contributed by atoms with van der Waals surface area (Å²) in [6, 6.07) is 3.81. The van der Waals surface area contributed by atoms with Crippen LogP contribution in [-0.4, -0.2) is 43.6 Å². The Balaban J connectivity index is 2.21. The van der Waals surface area contributed by atoms with Gasteiger partial charge in [0.15, 0.2) is 0 Å². The minimum atomic E-state index is -0.177. The molecule has 1 aromatic heterocycles. The zero-order chi connectivity index (χ0) is 12.3. The van der Waals surface area contributed by atoms with E-state index in [1.165, 1.54) is 0 Å². The molecule has 2 N–H and O–H groups in total. The van der Waals surface area contributed by atoms with Crippen molar-refractivity contribution in [3.8, 4) is 0 Å². The van der Waals surface area contributed by atoms with Crippen LogP contribution < -0.4 is 15.5 Å². The van der Waals surface area contributed by atoms with Gasteiger partial charge in [-0.05, 0) is 18.6 Å². The molecule has 1 atom stereocenters. The van der Waals surface area contributed by atoms with Crippen LogP contribution in [0, 0.1) is 6.92 Å². The molecule has 5 nitrogen and oxygen atoms in total. The zero-order valence-electron chi connectivity index (χ0n) is 10.2. The number of rotatable bonds is 2. The molecule has 0 aliphatic carbocycles. The first kappa shape index (κ1) is 11.9. The molecule has 0 radical (unpaired) electrons. The van der Waals surface area contributed by atoms with Crippen molar-refractivity contribution in [2.45, 2.75) is 13.0 Å². The number of amides is 1. The van der Waals surface area contributed by atoms with Crippen LogP contribution in [0.25, 0.3) is 0 Å². The van der Waals surface area contributed by atoms with Crippen LogP contribution in [0.5, 0.6) is 0 Å². The Bertz CT molecular complexity index is 390. The van der Waals surface area contributed by atoms with E-state index in [9.17, 15) is 4.79 Å². The second kappa shape index (κ2) is 5.14. The first-order valence-corrected chi connectivity index (χ1v) is 5.84. The number of hydrogen-bond acceptors (Lipinski definition) is 4. The summed E-state index contributed by atoms with van der Waals surface area (Å²) < 4.78 is 0. The van der Waals surface area contributed by atoms with Crippen LogP contribution in [0.15, 0.2) is 18.3 Å². The second-order valence-electron chi connectivity index (χ2n) is 4.22. The van der Waals surface area contributed by atoms with E-state index in [1.54, 1.807) is 7.05 Å². The number of nitrogens with zero attached hydrogens (tertiary/aromatic N) is 2. The number of piperazine rings is 1. The van der Waals surface area contributed by atoms with Gasteiger partial charge in [-0.1, -0.05) is 6.07 Å². The minimum absolute atomic E-state index is 0.0274. The van der Waals surface area contributed by atoms with Gasteiger partial charge in [0.2, 0.25) is 5.91 Å². The SMILES string of the molecule is CNC(=O)C1CNCCN1c1ccc(C)cn1. The van der Waals surface area contributed by atoms with Gasteiger partial charge in [-0.2, -0.15) is 0 Å². The van der Waals surface area contributed by atoms with E-state index in [2.05, 4.69) is 20.5 Å². The fourth-order valence-corrected chi connectivity index (χ4v) is 2.01. The summed E-state index contributed by atoms with van der Waals surface area (Å²) in [7, 11) is 1.66. The van der Waals surface area contributed by atoms with E-state index in [0.29, 0.717) is 6.54 Å². The average Bonchev–Trinajstić information content (AvgIpc) is 2.39. The fraction of sp³-hybridized carbons (Fsp3) is 0.500. The van der Waals surface area contributed by atoms with E-state index in [4.69, 9.17) is 0 Å². The van der Waals surface area contributed by atoms with Gasteiger partial charge in [0.1, 0.15) is 11.9 Å². The third-order valence-electron chi connectivity index (χ3n) is 2.98. The van der Waals surface area contributed by atoms with Gasteiger partial charge in [-0.25, -0.2) is 4.98 Å². The molecule has 1 unspecified atom stereocenters. The number of pyridine rings is 1.